The Morgan fingerprint density at radius 2 is 2.09 bits per heavy atom. The molecule has 2 aromatic rings. The van der Waals surface area contributed by atoms with Crippen LogP contribution in [0.3, 0.4) is 0 Å². The largest absolute Gasteiger partial charge is 0.442 e. The summed E-state index contributed by atoms with van der Waals surface area (Å²) in [5.74, 6) is -0.748. The van der Waals surface area contributed by atoms with Crippen molar-refractivity contribution in [2.24, 2.45) is 0 Å². The van der Waals surface area contributed by atoms with Gasteiger partial charge in [0.25, 0.3) is 0 Å². The van der Waals surface area contributed by atoms with Crippen LogP contribution in [0.4, 0.5) is 18.3 Å². The number of hydrogen-bond acceptors (Lipinski definition) is 4. The smallest absolute Gasteiger partial charge is 0.301 e. The number of amides is 1. The highest BCUT2D eigenvalue weighted by atomic mass is 35.5. The number of carbonyl (C=O) groups excluding carboxylic acids is 1. The number of hydrogen-bond donors (Lipinski definition) is 1. The molecule has 0 saturated heterocycles. The number of nitrogens with one attached hydrogen (secondary N) is 1. The molecule has 0 spiro atoms. The lowest BCUT2D eigenvalue weighted by Gasteiger charge is -2.12. The minimum atomic E-state index is -4.46. The number of thiazole rings is 1. The van der Waals surface area contributed by atoms with E-state index in [1.54, 1.807) is 29.6 Å². The first kappa shape index (κ1) is 17.1. The summed E-state index contributed by atoms with van der Waals surface area (Å²) in [6.45, 7) is 1.19. The summed E-state index contributed by atoms with van der Waals surface area (Å²) in [7, 11) is 0. The molecule has 9 heteroatoms. The second-order valence-corrected chi connectivity index (χ2v) is 6.88. The van der Waals surface area contributed by atoms with Crippen LogP contribution in [0, 0.1) is 0 Å². The molecule has 118 valence electrons. The van der Waals surface area contributed by atoms with Crippen molar-refractivity contribution in [3.63, 3.8) is 0 Å². The lowest BCUT2D eigenvalue weighted by Crippen LogP contribution is -2.25. The first-order chi connectivity index (χ1) is 10.3. The third-order valence-corrected chi connectivity index (χ3v) is 4.49. The van der Waals surface area contributed by atoms with Crippen molar-refractivity contribution in [1.82, 2.24) is 4.98 Å². The fourth-order valence-corrected chi connectivity index (χ4v) is 3.10. The van der Waals surface area contributed by atoms with E-state index in [1.807, 2.05) is 0 Å². The zero-order valence-corrected chi connectivity index (χ0v) is 13.5. The molecule has 2 rings (SSSR count). The molecule has 1 heterocycles. The van der Waals surface area contributed by atoms with E-state index >= 15 is 0 Å². The maximum atomic E-state index is 12.2. The molecule has 0 unspecified atom stereocenters. The first-order valence-electron chi connectivity index (χ1n) is 6.02. The van der Waals surface area contributed by atoms with Gasteiger partial charge in [0.1, 0.15) is 0 Å². The standard InChI is InChI=1S/C13H10ClF3N2OS2/c1-7(22-13(15,16)17)11(20)19-12-18-10(6-21-12)8-4-2-3-5-9(8)14/h2-7H,1H3,(H,18,19,20)/t7-/m0/s1. The number of aromatic nitrogens is 1. The monoisotopic (exact) mass is 366 g/mol. The van der Waals surface area contributed by atoms with E-state index in [1.165, 1.54) is 6.92 Å². The van der Waals surface area contributed by atoms with Crippen LogP contribution in [0.5, 0.6) is 0 Å². The van der Waals surface area contributed by atoms with Crippen molar-refractivity contribution >= 4 is 45.7 Å². The molecule has 22 heavy (non-hydrogen) atoms. The van der Waals surface area contributed by atoms with E-state index in [0.29, 0.717) is 16.3 Å². The summed E-state index contributed by atoms with van der Waals surface area (Å²) < 4.78 is 36.7. The van der Waals surface area contributed by atoms with Crippen LogP contribution < -0.4 is 5.32 Å². The normalized spacial score (nSPS) is 13.0. The highest BCUT2D eigenvalue weighted by Gasteiger charge is 2.34. The van der Waals surface area contributed by atoms with Crippen LogP contribution >= 0.6 is 34.7 Å². The molecular weight excluding hydrogens is 357 g/mol. The average Bonchev–Trinajstić information content (AvgIpc) is 2.85. The van der Waals surface area contributed by atoms with Crippen LogP contribution in [0.15, 0.2) is 29.6 Å². The summed E-state index contributed by atoms with van der Waals surface area (Å²) >= 11 is 6.80. The Labute approximate surface area is 137 Å². The summed E-state index contributed by atoms with van der Waals surface area (Å²) in [6, 6.07) is 7.04. The molecule has 0 saturated carbocycles. The number of anilines is 1. The van der Waals surface area contributed by atoms with Crippen molar-refractivity contribution in [2.45, 2.75) is 17.7 Å². The zero-order chi connectivity index (χ0) is 16.3. The Morgan fingerprint density at radius 1 is 1.41 bits per heavy atom. The first-order valence-corrected chi connectivity index (χ1v) is 8.16. The number of thioether (sulfide) groups is 1. The second-order valence-electron chi connectivity index (χ2n) is 4.21. The molecule has 0 bridgehead atoms. The van der Waals surface area contributed by atoms with Crippen LogP contribution in [0.1, 0.15) is 6.92 Å². The van der Waals surface area contributed by atoms with Crippen molar-refractivity contribution < 1.29 is 18.0 Å². The molecule has 0 fully saturated rings. The second kappa shape index (κ2) is 6.89. The molecule has 1 N–H and O–H groups in total. The SMILES string of the molecule is C[C@H](SC(F)(F)F)C(=O)Nc1nc(-c2ccccc2Cl)cs1. The van der Waals surface area contributed by atoms with Gasteiger partial charge in [-0.1, -0.05) is 29.8 Å². The van der Waals surface area contributed by atoms with Gasteiger partial charge in [-0.05, 0) is 24.8 Å². The van der Waals surface area contributed by atoms with Gasteiger partial charge in [0.2, 0.25) is 5.91 Å². The quantitative estimate of drug-likeness (QED) is 0.823. The van der Waals surface area contributed by atoms with Gasteiger partial charge in [-0.3, -0.25) is 4.79 Å². The minimum absolute atomic E-state index is 0.231. The number of nitrogens with zero attached hydrogens (tertiary/aromatic N) is 1. The van der Waals surface area contributed by atoms with Crippen molar-refractivity contribution in [3.8, 4) is 11.3 Å². The fraction of sp³-hybridized carbons (Fsp3) is 0.231. The highest BCUT2D eigenvalue weighted by Crippen LogP contribution is 2.35. The topological polar surface area (TPSA) is 42.0 Å². The summed E-state index contributed by atoms with van der Waals surface area (Å²) in [5.41, 5.74) is -3.21. The van der Waals surface area contributed by atoms with E-state index in [2.05, 4.69) is 10.3 Å². The van der Waals surface area contributed by atoms with Gasteiger partial charge in [0, 0.05) is 16.0 Å². The van der Waals surface area contributed by atoms with E-state index in [0.717, 1.165) is 11.3 Å². The minimum Gasteiger partial charge on any atom is -0.301 e. The molecule has 0 radical (unpaired) electrons. The number of carbonyl (C=O) groups is 1. The van der Waals surface area contributed by atoms with Crippen LogP contribution in [0.25, 0.3) is 11.3 Å². The van der Waals surface area contributed by atoms with E-state index in [9.17, 15) is 18.0 Å². The molecule has 1 aromatic heterocycles. The average molecular weight is 367 g/mol. The predicted octanol–water partition coefficient (Wildman–Crippen LogP) is 5.04. The van der Waals surface area contributed by atoms with Gasteiger partial charge in [0.15, 0.2) is 5.13 Å². The Kier molecular flexibility index (Phi) is 5.36. The molecular formula is C13H10ClF3N2OS2. The summed E-state index contributed by atoms with van der Waals surface area (Å²) in [5, 5.41) is 3.54. The van der Waals surface area contributed by atoms with Crippen LogP contribution in [0.2, 0.25) is 5.02 Å². The predicted molar refractivity (Wildman–Crippen MR) is 84.3 cm³/mol. The summed E-state index contributed by atoms with van der Waals surface area (Å²) in [6.07, 6.45) is 0. The Bertz CT molecular complexity index is 675. The molecule has 1 aromatic carbocycles. The van der Waals surface area contributed by atoms with Gasteiger partial charge in [-0.15, -0.1) is 11.3 Å². The van der Waals surface area contributed by atoms with Crippen molar-refractivity contribution in [1.29, 1.82) is 0 Å². The van der Waals surface area contributed by atoms with Crippen LogP contribution in [-0.2, 0) is 4.79 Å². The lowest BCUT2D eigenvalue weighted by molar-refractivity contribution is -0.115. The van der Waals surface area contributed by atoms with E-state index in [-0.39, 0.29) is 16.9 Å². The van der Waals surface area contributed by atoms with Gasteiger partial charge >= 0.3 is 5.51 Å². The molecule has 0 aliphatic rings. The van der Waals surface area contributed by atoms with Crippen LogP contribution in [-0.4, -0.2) is 21.6 Å². The Balaban J connectivity index is 2.07. The van der Waals surface area contributed by atoms with E-state index in [4.69, 9.17) is 11.6 Å². The van der Waals surface area contributed by atoms with E-state index < -0.39 is 16.7 Å². The Morgan fingerprint density at radius 3 is 2.73 bits per heavy atom. The molecule has 3 nitrogen and oxygen atoms in total. The Hall–Kier alpha value is -1.25. The molecule has 1 amide bonds. The maximum absolute atomic E-state index is 12.2. The third-order valence-electron chi connectivity index (χ3n) is 2.56. The zero-order valence-electron chi connectivity index (χ0n) is 11.1. The number of rotatable bonds is 4. The summed E-state index contributed by atoms with van der Waals surface area (Å²) in [4.78, 5) is 15.9. The lowest BCUT2D eigenvalue weighted by atomic mass is 10.2. The van der Waals surface area contributed by atoms with Gasteiger partial charge in [-0.25, -0.2) is 4.98 Å². The number of alkyl halides is 3. The van der Waals surface area contributed by atoms with Crippen molar-refractivity contribution in [3.05, 3.63) is 34.7 Å². The van der Waals surface area contributed by atoms with Gasteiger partial charge < -0.3 is 5.32 Å². The van der Waals surface area contributed by atoms with Gasteiger partial charge in [0.05, 0.1) is 10.9 Å². The molecule has 0 aliphatic heterocycles. The van der Waals surface area contributed by atoms with Crippen molar-refractivity contribution in [2.75, 3.05) is 5.32 Å². The fourth-order valence-electron chi connectivity index (χ4n) is 1.58. The number of benzene rings is 1. The maximum Gasteiger partial charge on any atom is 0.442 e. The molecule has 1 atom stereocenters. The number of halogens is 4. The van der Waals surface area contributed by atoms with Gasteiger partial charge in [-0.2, -0.15) is 13.2 Å². The third kappa shape index (κ3) is 4.62. The highest BCUT2D eigenvalue weighted by molar-refractivity contribution is 8.01. The molecule has 0 aliphatic carbocycles.